The van der Waals surface area contributed by atoms with Crippen molar-refractivity contribution in [3.63, 3.8) is 0 Å². The van der Waals surface area contributed by atoms with Crippen LogP contribution in [0.5, 0.6) is 0 Å². The molecule has 0 saturated heterocycles. The minimum atomic E-state index is -0.0478. The summed E-state index contributed by atoms with van der Waals surface area (Å²) in [6.07, 6.45) is 4.55. The summed E-state index contributed by atoms with van der Waals surface area (Å²) in [5, 5.41) is 12.4. The quantitative estimate of drug-likeness (QED) is 0.821. The molecule has 3 nitrogen and oxygen atoms in total. The molecule has 0 aromatic heterocycles. The van der Waals surface area contributed by atoms with E-state index in [-0.39, 0.29) is 12.5 Å². The fourth-order valence-corrected chi connectivity index (χ4v) is 3.04. The summed E-state index contributed by atoms with van der Waals surface area (Å²) < 4.78 is 0. The zero-order valence-corrected chi connectivity index (χ0v) is 12.4. The lowest BCUT2D eigenvalue weighted by Crippen LogP contribution is -2.35. The molecular formula is C16H22ClNO2. The third kappa shape index (κ3) is 3.97. The summed E-state index contributed by atoms with van der Waals surface area (Å²) in [4.78, 5) is 12.1. The fourth-order valence-electron chi connectivity index (χ4n) is 2.86. The zero-order valence-electron chi connectivity index (χ0n) is 11.6. The molecule has 1 amide bonds. The first-order valence-electron chi connectivity index (χ1n) is 7.28. The molecule has 0 bridgehead atoms. The molecule has 1 aliphatic rings. The number of carbonyl (C=O) groups excluding carboxylic acids is 1. The van der Waals surface area contributed by atoms with Gasteiger partial charge in [-0.1, -0.05) is 25.0 Å². The molecule has 4 heteroatoms. The van der Waals surface area contributed by atoms with Crippen LogP contribution >= 0.6 is 11.6 Å². The molecule has 110 valence electrons. The molecule has 1 fully saturated rings. The van der Waals surface area contributed by atoms with E-state index in [2.05, 4.69) is 5.32 Å². The van der Waals surface area contributed by atoms with Gasteiger partial charge in [0.15, 0.2) is 0 Å². The van der Waals surface area contributed by atoms with Gasteiger partial charge in [0.1, 0.15) is 0 Å². The van der Waals surface area contributed by atoms with E-state index in [1.165, 1.54) is 12.8 Å². The minimum Gasteiger partial charge on any atom is -0.396 e. The molecular weight excluding hydrogens is 274 g/mol. The molecule has 0 aliphatic heterocycles. The predicted octanol–water partition coefficient (Wildman–Crippen LogP) is 2.95. The Morgan fingerprint density at radius 3 is 2.45 bits per heavy atom. The second-order valence-corrected chi connectivity index (χ2v) is 5.80. The maximum atomic E-state index is 12.1. The van der Waals surface area contributed by atoms with Gasteiger partial charge >= 0.3 is 0 Å². The van der Waals surface area contributed by atoms with Crippen LogP contribution in [0, 0.1) is 11.8 Å². The summed E-state index contributed by atoms with van der Waals surface area (Å²) in [6.45, 7) is 0.881. The minimum absolute atomic E-state index is 0.0478. The molecule has 20 heavy (non-hydrogen) atoms. The van der Waals surface area contributed by atoms with E-state index in [0.717, 1.165) is 18.4 Å². The number of alkyl halides is 1. The summed E-state index contributed by atoms with van der Waals surface area (Å²) in [5.74, 6) is 1.15. The Kier molecular flexibility index (Phi) is 5.86. The number of amides is 1. The van der Waals surface area contributed by atoms with E-state index in [9.17, 15) is 9.90 Å². The maximum absolute atomic E-state index is 12.1. The standard InChI is InChI=1S/C16H22ClNO2/c17-9-12-5-7-13(8-6-12)16(20)18-10-14-3-1-2-4-15(14)11-19/h5-8,14-15,19H,1-4,9-11H2,(H,18,20). The Morgan fingerprint density at radius 1 is 1.20 bits per heavy atom. The van der Waals surface area contributed by atoms with Gasteiger partial charge in [0, 0.05) is 24.6 Å². The molecule has 1 saturated carbocycles. The van der Waals surface area contributed by atoms with Gasteiger partial charge < -0.3 is 10.4 Å². The van der Waals surface area contributed by atoms with Crippen LogP contribution in [0.2, 0.25) is 0 Å². The highest BCUT2D eigenvalue weighted by molar-refractivity contribution is 6.17. The third-order valence-electron chi connectivity index (χ3n) is 4.20. The van der Waals surface area contributed by atoms with Crippen molar-refractivity contribution < 1.29 is 9.90 Å². The van der Waals surface area contributed by atoms with E-state index < -0.39 is 0 Å². The van der Waals surface area contributed by atoms with Crippen LogP contribution < -0.4 is 5.32 Å². The molecule has 0 radical (unpaired) electrons. The Labute approximate surface area is 125 Å². The number of hydrogen-bond donors (Lipinski definition) is 2. The van der Waals surface area contributed by atoms with E-state index in [1.54, 1.807) is 12.1 Å². The van der Waals surface area contributed by atoms with E-state index >= 15 is 0 Å². The largest absolute Gasteiger partial charge is 0.396 e. The highest BCUT2D eigenvalue weighted by Gasteiger charge is 2.24. The van der Waals surface area contributed by atoms with Gasteiger partial charge in [-0.2, -0.15) is 0 Å². The van der Waals surface area contributed by atoms with Crippen molar-refractivity contribution >= 4 is 17.5 Å². The summed E-state index contributed by atoms with van der Waals surface area (Å²) in [6, 6.07) is 7.35. The molecule has 2 atom stereocenters. The number of aliphatic hydroxyl groups excluding tert-OH is 1. The topological polar surface area (TPSA) is 49.3 Å². The lowest BCUT2D eigenvalue weighted by Gasteiger charge is -2.30. The highest BCUT2D eigenvalue weighted by atomic mass is 35.5. The van der Waals surface area contributed by atoms with Crippen molar-refractivity contribution in [1.82, 2.24) is 5.32 Å². The number of benzene rings is 1. The number of hydrogen-bond acceptors (Lipinski definition) is 2. The van der Waals surface area contributed by atoms with Gasteiger partial charge in [0.2, 0.25) is 0 Å². The van der Waals surface area contributed by atoms with Crippen LogP contribution in [0.15, 0.2) is 24.3 Å². The Hall–Kier alpha value is -1.06. The smallest absolute Gasteiger partial charge is 0.251 e. The average Bonchev–Trinajstić information content (AvgIpc) is 2.53. The van der Waals surface area contributed by atoms with Crippen LogP contribution in [0.3, 0.4) is 0 Å². The monoisotopic (exact) mass is 295 g/mol. The number of aliphatic hydroxyl groups is 1. The summed E-state index contributed by atoms with van der Waals surface area (Å²) in [7, 11) is 0. The Bertz CT molecular complexity index is 433. The van der Waals surface area contributed by atoms with Crippen molar-refractivity contribution in [2.75, 3.05) is 13.2 Å². The molecule has 0 heterocycles. The van der Waals surface area contributed by atoms with E-state index in [1.807, 2.05) is 12.1 Å². The first-order chi connectivity index (χ1) is 9.74. The van der Waals surface area contributed by atoms with Gasteiger partial charge in [0.05, 0.1) is 0 Å². The van der Waals surface area contributed by atoms with E-state index in [0.29, 0.717) is 29.8 Å². The molecule has 2 rings (SSSR count). The lowest BCUT2D eigenvalue weighted by atomic mass is 9.79. The van der Waals surface area contributed by atoms with E-state index in [4.69, 9.17) is 11.6 Å². The predicted molar refractivity (Wildman–Crippen MR) is 80.9 cm³/mol. The first-order valence-corrected chi connectivity index (χ1v) is 7.82. The van der Waals surface area contributed by atoms with Gasteiger partial charge in [-0.3, -0.25) is 4.79 Å². The number of nitrogens with one attached hydrogen (secondary N) is 1. The zero-order chi connectivity index (χ0) is 14.4. The first kappa shape index (κ1) is 15.3. The molecule has 1 aromatic rings. The summed E-state index contributed by atoms with van der Waals surface area (Å²) >= 11 is 5.73. The van der Waals surface area contributed by atoms with Crippen LogP contribution in [0.4, 0.5) is 0 Å². The number of halogens is 1. The third-order valence-corrected chi connectivity index (χ3v) is 4.50. The Balaban J connectivity index is 1.87. The van der Waals surface area contributed by atoms with Crippen molar-refractivity contribution in [2.45, 2.75) is 31.6 Å². The number of carbonyl (C=O) groups is 1. The fraction of sp³-hybridized carbons (Fsp3) is 0.562. The second-order valence-electron chi connectivity index (χ2n) is 5.53. The average molecular weight is 296 g/mol. The van der Waals surface area contributed by atoms with Crippen molar-refractivity contribution in [2.24, 2.45) is 11.8 Å². The normalized spacial score (nSPS) is 22.5. The van der Waals surface area contributed by atoms with Crippen molar-refractivity contribution in [3.05, 3.63) is 35.4 Å². The van der Waals surface area contributed by atoms with Crippen LogP contribution in [-0.4, -0.2) is 24.2 Å². The van der Waals surface area contributed by atoms with Gasteiger partial charge in [-0.05, 0) is 42.4 Å². The van der Waals surface area contributed by atoms with Gasteiger partial charge in [0.25, 0.3) is 5.91 Å². The van der Waals surface area contributed by atoms with Gasteiger partial charge in [-0.15, -0.1) is 11.6 Å². The van der Waals surface area contributed by atoms with Gasteiger partial charge in [-0.25, -0.2) is 0 Å². The highest BCUT2D eigenvalue weighted by Crippen LogP contribution is 2.29. The second kappa shape index (κ2) is 7.65. The number of rotatable bonds is 5. The van der Waals surface area contributed by atoms with Crippen molar-refractivity contribution in [1.29, 1.82) is 0 Å². The van der Waals surface area contributed by atoms with Crippen molar-refractivity contribution in [3.8, 4) is 0 Å². The van der Waals surface area contributed by atoms with Crippen LogP contribution in [-0.2, 0) is 5.88 Å². The molecule has 2 unspecified atom stereocenters. The maximum Gasteiger partial charge on any atom is 0.251 e. The molecule has 2 N–H and O–H groups in total. The van der Waals surface area contributed by atoms with Crippen LogP contribution in [0.25, 0.3) is 0 Å². The molecule has 1 aromatic carbocycles. The lowest BCUT2D eigenvalue weighted by molar-refractivity contribution is 0.0909. The van der Waals surface area contributed by atoms with Crippen LogP contribution in [0.1, 0.15) is 41.6 Å². The summed E-state index contributed by atoms with van der Waals surface area (Å²) in [5.41, 5.74) is 1.67. The SMILES string of the molecule is O=C(NCC1CCCCC1CO)c1ccc(CCl)cc1. The Morgan fingerprint density at radius 2 is 1.85 bits per heavy atom. The molecule has 0 spiro atoms. The molecule has 1 aliphatic carbocycles.